The molecule has 0 aromatic heterocycles. The zero-order valence-corrected chi connectivity index (χ0v) is 16.9. The van der Waals surface area contributed by atoms with Crippen LogP contribution in [0.1, 0.15) is 34.8 Å². The summed E-state index contributed by atoms with van der Waals surface area (Å²) in [5.74, 6) is 0. The topological polar surface area (TPSA) is 25.0 Å². The van der Waals surface area contributed by atoms with Gasteiger partial charge in [-0.05, 0) is 28.8 Å². The van der Waals surface area contributed by atoms with Crippen molar-refractivity contribution in [2.45, 2.75) is 18.1 Å². The van der Waals surface area contributed by atoms with Crippen LogP contribution in [0.5, 0.6) is 0 Å². The molecule has 2 nitrogen and oxygen atoms in total. The van der Waals surface area contributed by atoms with Gasteiger partial charge in [0.05, 0.1) is 18.1 Å². The second-order valence-electron chi connectivity index (χ2n) is 7.86. The molecule has 2 heterocycles. The highest BCUT2D eigenvalue weighted by Gasteiger charge is 2.38. The second-order valence-corrected chi connectivity index (χ2v) is 7.86. The van der Waals surface area contributed by atoms with Crippen molar-refractivity contribution in [1.29, 1.82) is 0 Å². The van der Waals surface area contributed by atoms with Crippen molar-refractivity contribution >= 4 is 5.69 Å². The Morgan fingerprint density at radius 2 is 0.900 bits per heavy atom. The molecule has 1 N–H and O–H groups in total. The maximum Gasteiger partial charge on any atom is 0.0718 e. The summed E-state index contributed by atoms with van der Waals surface area (Å²) in [6.45, 7) is 1.15. The monoisotopic (exact) mass is 390 g/mol. The summed E-state index contributed by atoms with van der Waals surface area (Å²) in [6, 6.07) is 44.1. The highest BCUT2D eigenvalue weighted by molar-refractivity contribution is 5.56. The number of hydrogen-bond donors (Lipinski definition) is 1. The van der Waals surface area contributed by atoms with Gasteiger partial charge < -0.3 is 4.90 Å². The predicted molar refractivity (Wildman–Crippen MR) is 124 cm³/mol. The third-order valence-corrected chi connectivity index (χ3v) is 5.79. The Hall–Kier alpha value is -3.36. The molecule has 2 saturated heterocycles. The van der Waals surface area contributed by atoms with Gasteiger partial charge in [0, 0.05) is 12.2 Å². The van der Waals surface area contributed by atoms with Crippen molar-refractivity contribution in [3.05, 3.63) is 138 Å². The number of para-hydroxylation sites is 1. The van der Waals surface area contributed by atoms with E-state index in [4.69, 9.17) is 0 Å². The molecule has 30 heavy (non-hydrogen) atoms. The van der Waals surface area contributed by atoms with Crippen molar-refractivity contribution in [2.24, 2.45) is 0 Å². The minimum absolute atomic E-state index is 0.508. The fraction of sp³-hybridized carbons (Fsp3) is 0.143. The average Bonchev–Trinajstić information content (AvgIpc) is 3.76. The molecule has 0 radical (unpaired) electrons. The lowest BCUT2D eigenvalue weighted by Crippen LogP contribution is -1.93. The molecule has 2 aliphatic rings. The van der Waals surface area contributed by atoms with Gasteiger partial charge in [0.1, 0.15) is 0 Å². The largest absolute Gasteiger partial charge is 0.360 e. The maximum absolute atomic E-state index is 3.50. The average molecular weight is 391 g/mol. The molecule has 2 aliphatic heterocycles. The lowest BCUT2D eigenvalue weighted by atomic mass is 10.0. The Morgan fingerprint density at radius 1 is 0.500 bits per heavy atom. The van der Waals surface area contributed by atoms with Gasteiger partial charge in [-0.2, -0.15) is 0 Å². The quantitative estimate of drug-likeness (QED) is 0.412. The first-order valence-corrected chi connectivity index (χ1v) is 10.6. The SMILES string of the molecule is c1ccc(C2CN2c2ccccc2)cc1.c1ccc(C2NC2c2ccccc2)cc1. The molecule has 0 saturated carbocycles. The van der Waals surface area contributed by atoms with Gasteiger partial charge in [-0.3, -0.25) is 5.32 Å². The van der Waals surface area contributed by atoms with E-state index < -0.39 is 0 Å². The molecule has 0 spiro atoms. The molecular weight excluding hydrogens is 364 g/mol. The van der Waals surface area contributed by atoms with Crippen LogP contribution in [0.15, 0.2) is 121 Å². The Labute approximate surface area is 178 Å². The zero-order valence-electron chi connectivity index (χ0n) is 16.9. The fourth-order valence-electron chi connectivity index (χ4n) is 4.04. The molecule has 2 fully saturated rings. The minimum atomic E-state index is 0.508. The van der Waals surface area contributed by atoms with Crippen LogP contribution in [0.3, 0.4) is 0 Å². The Kier molecular flexibility index (Phi) is 5.32. The third-order valence-electron chi connectivity index (χ3n) is 5.79. The Morgan fingerprint density at radius 3 is 1.37 bits per heavy atom. The first-order chi connectivity index (χ1) is 14.9. The number of rotatable bonds is 4. The van der Waals surface area contributed by atoms with Crippen LogP contribution in [-0.2, 0) is 0 Å². The van der Waals surface area contributed by atoms with Crippen LogP contribution in [0, 0.1) is 0 Å². The fourth-order valence-corrected chi connectivity index (χ4v) is 4.04. The van der Waals surface area contributed by atoms with E-state index in [1.807, 2.05) is 0 Å². The van der Waals surface area contributed by atoms with Gasteiger partial charge in [0.25, 0.3) is 0 Å². The highest BCUT2D eigenvalue weighted by Crippen LogP contribution is 2.42. The Balaban J connectivity index is 0.000000128. The zero-order chi connectivity index (χ0) is 20.2. The smallest absolute Gasteiger partial charge is 0.0718 e. The van der Waals surface area contributed by atoms with Crippen LogP contribution in [0.25, 0.3) is 0 Å². The van der Waals surface area contributed by atoms with E-state index >= 15 is 0 Å². The van der Waals surface area contributed by atoms with Gasteiger partial charge >= 0.3 is 0 Å². The number of benzene rings is 4. The first kappa shape index (κ1) is 18.7. The summed E-state index contributed by atoms with van der Waals surface area (Å²) < 4.78 is 0. The second kappa shape index (κ2) is 8.56. The number of nitrogens with one attached hydrogen (secondary N) is 1. The molecule has 0 amide bonds. The van der Waals surface area contributed by atoms with Crippen molar-refractivity contribution < 1.29 is 0 Å². The van der Waals surface area contributed by atoms with E-state index in [-0.39, 0.29) is 0 Å². The van der Waals surface area contributed by atoms with Gasteiger partial charge in [-0.25, -0.2) is 0 Å². The van der Waals surface area contributed by atoms with Gasteiger partial charge in [0.2, 0.25) is 0 Å². The lowest BCUT2D eigenvalue weighted by Gasteiger charge is -2.04. The van der Waals surface area contributed by atoms with Gasteiger partial charge in [0.15, 0.2) is 0 Å². The van der Waals surface area contributed by atoms with Gasteiger partial charge in [-0.15, -0.1) is 0 Å². The van der Waals surface area contributed by atoms with E-state index in [0.717, 1.165) is 6.54 Å². The Bertz CT molecular complexity index is 873. The van der Waals surface area contributed by atoms with Crippen LogP contribution in [0.4, 0.5) is 5.69 Å². The highest BCUT2D eigenvalue weighted by atomic mass is 15.3. The van der Waals surface area contributed by atoms with E-state index in [9.17, 15) is 0 Å². The van der Waals surface area contributed by atoms with Crippen LogP contribution >= 0.6 is 0 Å². The van der Waals surface area contributed by atoms with E-state index in [1.54, 1.807) is 0 Å². The molecule has 0 bridgehead atoms. The summed E-state index contributed by atoms with van der Waals surface area (Å²) in [6.07, 6.45) is 0. The number of anilines is 1. The number of nitrogens with zero attached hydrogens (tertiary/aromatic N) is 1. The van der Waals surface area contributed by atoms with Crippen LogP contribution < -0.4 is 10.2 Å². The molecule has 2 heteroatoms. The number of hydrogen-bond acceptors (Lipinski definition) is 2. The van der Waals surface area contributed by atoms with Crippen LogP contribution in [0.2, 0.25) is 0 Å². The minimum Gasteiger partial charge on any atom is -0.360 e. The molecule has 4 aromatic rings. The maximum atomic E-state index is 3.50. The van der Waals surface area contributed by atoms with Crippen molar-refractivity contribution in [3.63, 3.8) is 0 Å². The van der Waals surface area contributed by atoms with E-state index in [0.29, 0.717) is 18.1 Å². The lowest BCUT2D eigenvalue weighted by molar-refractivity contribution is 1.03. The summed E-state index contributed by atoms with van der Waals surface area (Å²) in [5, 5.41) is 3.50. The summed E-state index contributed by atoms with van der Waals surface area (Å²) >= 11 is 0. The van der Waals surface area contributed by atoms with E-state index in [1.165, 1.54) is 22.4 Å². The summed E-state index contributed by atoms with van der Waals surface area (Å²) in [4.78, 5) is 2.41. The van der Waals surface area contributed by atoms with Crippen LogP contribution in [-0.4, -0.2) is 6.54 Å². The molecule has 6 rings (SSSR count). The molecule has 0 aliphatic carbocycles. The summed E-state index contributed by atoms with van der Waals surface area (Å²) in [5.41, 5.74) is 5.51. The molecule has 3 unspecified atom stereocenters. The normalized spacial score (nSPS) is 21.3. The third kappa shape index (κ3) is 4.29. The summed E-state index contributed by atoms with van der Waals surface area (Å²) in [7, 11) is 0. The van der Waals surface area contributed by atoms with Crippen molar-refractivity contribution in [1.82, 2.24) is 5.32 Å². The molecular formula is C28H26N2. The molecule has 4 aromatic carbocycles. The van der Waals surface area contributed by atoms with E-state index in [2.05, 4.69) is 132 Å². The predicted octanol–water partition coefficient (Wildman–Crippen LogP) is 6.32. The van der Waals surface area contributed by atoms with Crippen molar-refractivity contribution in [3.8, 4) is 0 Å². The standard InChI is InChI=1S/2C14H13N/c1-3-7-12(8-4-1)14-11-15(14)13-9-5-2-6-10-13;1-3-7-11(8-4-1)13-14(15-13)12-9-5-2-6-10-12/h1-10,14H,11H2;1-10,13-15H. The molecule has 148 valence electrons. The van der Waals surface area contributed by atoms with Gasteiger partial charge in [-0.1, -0.05) is 109 Å². The van der Waals surface area contributed by atoms with Crippen molar-refractivity contribution in [2.75, 3.05) is 11.4 Å². The molecule has 3 atom stereocenters. The first-order valence-electron chi connectivity index (χ1n) is 10.6.